The van der Waals surface area contributed by atoms with Gasteiger partial charge in [-0.2, -0.15) is 0 Å². The highest BCUT2D eigenvalue weighted by molar-refractivity contribution is 5.94. The molecule has 0 aromatic heterocycles. The number of hydrogen-bond donors (Lipinski definition) is 2. The molecule has 1 fully saturated rings. The molecule has 6 heteroatoms. The van der Waals surface area contributed by atoms with Crippen LogP contribution in [0, 0.1) is 0 Å². The molecule has 1 aromatic rings. The second kappa shape index (κ2) is 7.40. The molecule has 1 aromatic carbocycles. The Kier molecular flexibility index (Phi) is 5.55. The summed E-state index contributed by atoms with van der Waals surface area (Å²) in [5.41, 5.74) is 5.97. The zero-order valence-corrected chi connectivity index (χ0v) is 12.2. The topological polar surface area (TPSA) is 85.0 Å². The van der Waals surface area contributed by atoms with E-state index in [1.807, 2.05) is 0 Å². The van der Waals surface area contributed by atoms with Gasteiger partial charge in [0.2, 0.25) is 0 Å². The fourth-order valence-corrected chi connectivity index (χ4v) is 2.30. The fraction of sp³-hybridized carbons (Fsp3) is 0.533. The monoisotopic (exact) mass is 294 g/mol. The summed E-state index contributed by atoms with van der Waals surface area (Å²) in [7, 11) is 1.54. The molecular weight excluding hydrogens is 272 g/mol. The first kappa shape index (κ1) is 15.8. The summed E-state index contributed by atoms with van der Waals surface area (Å²) in [6.07, 6.45) is -0.143. The lowest BCUT2D eigenvalue weighted by Gasteiger charge is -2.16. The Bertz CT molecular complexity index is 463. The van der Waals surface area contributed by atoms with Crippen molar-refractivity contribution in [2.75, 3.05) is 33.4 Å². The lowest BCUT2D eigenvalue weighted by atomic mass is 10.2. The smallest absolute Gasteiger partial charge is 0.254 e. The molecule has 1 aliphatic rings. The summed E-state index contributed by atoms with van der Waals surface area (Å²) in [6, 6.07) is 6.99. The molecule has 1 saturated heterocycles. The fourth-order valence-electron chi connectivity index (χ4n) is 2.30. The minimum Gasteiger partial charge on any atom is -0.494 e. The maximum atomic E-state index is 12.3. The maximum Gasteiger partial charge on any atom is 0.254 e. The second-order valence-electron chi connectivity index (χ2n) is 5.07. The minimum absolute atomic E-state index is 0.109. The first-order valence-electron chi connectivity index (χ1n) is 7.08. The van der Waals surface area contributed by atoms with Gasteiger partial charge < -0.3 is 25.2 Å². The SMILES string of the molecule is CO[C@H]1CN(C(=O)c2ccc(OCCCN)cc2)C[C@@H]1O. The average Bonchev–Trinajstić information content (AvgIpc) is 2.88. The standard InChI is InChI=1S/C15H22N2O4/c1-20-14-10-17(9-13(14)18)15(19)11-3-5-12(6-4-11)21-8-2-7-16/h3-6,13-14,18H,2,7-10,16H2,1H3/t13-,14-/m0/s1. The van der Waals surface area contributed by atoms with Gasteiger partial charge in [-0.15, -0.1) is 0 Å². The third-order valence-electron chi connectivity index (χ3n) is 3.55. The lowest BCUT2D eigenvalue weighted by molar-refractivity contribution is 0.0215. The molecule has 0 radical (unpaired) electrons. The second-order valence-corrected chi connectivity index (χ2v) is 5.07. The zero-order valence-electron chi connectivity index (χ0n) is 12.2. The van der Waals surface area contributed by atoms with E-state index in [4.69, 9.17) is 15.2 Å². The van der Waals surface area contributed by atoms with Crippen molar-refractivity contribution in [1.29, 1.82) is 0 Å². The van der Waals surface area contributed by atoms with E-state index < -0.39 is 6.10 Å². The van der Waals surface area contributed by atoms with Crippen molar-refractivity contribution in [3.05, 3.63) is 29.8 Å². The Morgan fingerprint density at radius 2 is 2.10 bits per heavy atom. The molecule has 1 heterocycles. The summed E-state index contributed by atoms with van der Waals surface area (Å²) in [6.45, 7) is 1.86. The first-order chi connectivity index (χ1) is 10.2. The highest BCUT2D eigenvalue weighted by atomic mass is 16.5. The number of ether oxygens (including phenoxy) is 2. The van der Waals surface area contributed by atoms with Gasteiger partial charge in [-0.25, -0.2) is 0 Å². The molecule has 21 heavy (non-hydrogen) atoms. The van der Waals surface area contributed by atoms with E-state index in [2.05, 4.69) is 0 Å². The molecule has 0 spiro atoms. The number of β-amino-alcohol motifs (C(OH)–C–C–N with tert-alkyl or cyclic N) is 1. The molecule has 2 atom stereocenters. The third kappa shape index (κ3) is 3.93. The Morgan fingerprint density at radius 1 is 1.38 bits per heavy atom. The zero-order chi connectivity index (χ0) is 15.2. The summed E-state index contributed by atoms with van der Waals surface area (Å²) in [5.74, 6) is 0.610. The van der Waals surface area contributed by atoms with Crippen LogP contribution in [-0.2, 0) is 4.74 Å². The van der Waals surface area contributed by atoms with Crippen LogP contribution in [-0.4, -0.2) is 61.5 Å². The van der Waals surface area contributed by atoms with Crippen LogP contribution >= 0.6 is 0 Å². The number of carbonyl (C=O) groups excluding carboxylic acids is 1. The predicted molar refractivity (Wildman–Crippen MR) is 78.3 cm³/mol. The van der Waals surface area contributed by atoms with Gasteiger partial charge in [0.25, 0.3) is 5.91 Å². The van der Waals surface area contributed by atoms with Crippen molar-refractivity contribution >= 4 is 5.91 Å². The maximum absolute atomic E-state index is 12.3. The number of methoxy groups -OCH3 is 1. The first-order valence-corrected chi connectivity index (χ1v) is 7.08. The predicted octanol–water partition coefficient (Wildman–Crippen LogP) is 0.246. The van der Waals surface area contributed by atoms with Crippen molar-refractivity contribution < 1.29 is 19.4 Å². The molecule has 0 saturated carbocycles. The quantitative estimate of drug-likeness (QED) is 0.734. The van der Waals surface area contributed by atoms with E-state index in [1.165, 1.54) is 7.11 Å². The van der Waals surface area contributed by atoms with Crippen LogP contribution < -0.4 is 10.5 Å². The van der Waals surface area contributed by atoms with Crippen molar-refractivity contribution in [1.82, 2.24) is 4.90 Å². The number of nitrogens with two attached hydrogens (primary N) is 1. The summed E-state index contributed by atoms with van der Waals surface area (Å²) >= 11 is 0. The highest BCUT2D eigenvalue weighted by Gasteiger charge is 2.34. The molecule has 3 N–H and O–H groups in total. The number of nitrogens with zero attached hydrogens (tertiary/aromatic N) is 1. The molecule has 0 unspecified atom stereocenters. The van der Waals surface area contributed by atoms with Gasteiger partial charge in [0.05, 0.1) is 12.7 Å². The Hall–Kier alpha value is -1.63. The van der Waals surface area contributed by atoms with Gasteiger partial charge in [-0.05, 0) is 37.2 Å². The van der Waals surface area contributed by atoms with Crippen LogP contribution in [0.3, 0.4) is 0 Å². The van der Waals surface area contributed by atoms with Crippen molar-refractivity contribution in [2.24, 2.45) is 5.73 Å². The Labute approximate surface area is 124 Å². The van der Waals surface area contributed by atoms with Gasteiger partial charge >= 0.3 is 0 Å². The minimum atomic E-state index is -0.627. The molecule has 0 aliphatic carbocycles. The summed E-state index contributed by atoms with van der Waals surface area (Å²) < 4.78 is 10.6. The largest absolute Gasteiger partial charge is 0.494 e. The third-order valence-corrected chi connectivity index (χ3v) is 3.55. The number of hydrogen-bond acceptors (Lipinski definition) is 5. The van der Waals surface area contributed by atoms with Crippen LogP contribution in [0.4, 0.5) is 0 Å². The number of aliphatic hydroxyl groups is 1. The van der Waals surface area contributed by atoms with E-state index in [0.717, 1.165) is 12.2 Å². The lowest BCUT2D eigenvalue weighted by Crippen LogP contribution is -2.29. The Balaban J connectivity index is 1.94. The van der Waals surface area contributed by atoms with E-state index in [9.17, 15) is 9.90 Å². The Morgan fingerprint density at radius 3 is 2.67 bits per heavy atom. The van der Waals surface area contributed by atoms with Crippen LogP contribution in [0.1, 0.15) is 16.8 Å². The number of benzene rings is 1. The molecular formula is C15H22N2O4. The molecule has 1 aliphatic heterocycles. The van der Waals surface area contributed by atoms with E-state index >= 15 is 0 Å². The number of aliphatic hydroxyl groups excluding tert-OH is 1. The van der Waals surface area contributed by atoms with Crippen molar-refractivity contribution in [3.63, 3.8) is 0 Å². The number of carbonyl (C=O) groups is 1. The summed E-state index contributed by atoms with van der Waals surface area (Å²) in [5, 5.41) is 9.77. The summed E-state index contributed by atoms with van der Waals surface area (Å²) in [4.78, 5) is 13.9. The van der Waals surface area contributed by atoms with Crippen molar-refractivity contribution in [3.8, 4) is 5.75 Å². The molecule has 1 amide bonds. The van der Waals surface area contributed by atoms with E-state index in [-0.39, 0.29) is 12.0 Å². The van der Waals surface area contributed by atoms with Crippen LogP contribution in [0.5, 0.6) is 5.75 Å². The number of amides is 1. The number of rotatable bonds is 6. The van der Waals surface area contributed by atoms with Crippen LogP contribution in [0.2, 0.25) is 0 Å². The molecule has 6 nitrogen and oxygen atoms in total. The van der Waals surface area contributed by atoms with Gasteiger partial charge in [0.15, 0.2) is 0 Å². The highest BCUT2D eigenvalue weighted by Crippen LogP contribution is 2.18. The van der Waals surface area contributed by atoms with E-state index in [0.29, 0.717) is 31.8 Å². The molecule has 0 bridgehead atoms. The van der Waals surface area contributed by atoms with E-state index in [1.54, 1.807) is 29.2 Å². The van der Waals surface area contributed by atoms with Gasteiger partial charge in [0, 0.05) is 25.8 Å². The van der Waals surface area contributed by atoms with Gasteiger partial charge in [-0.3, -0.25) is 4.79 Å². The van der Waals surface area contributed by atoms with Gasteiger partial charge in [0.1, 0.15) is 11.9 Å². The van der Waals surface area contributed by atoms with Crippen LogP contribution in [0.15, 0.2) is 24.3 Å². The number of likely N-dealkylation sites (tertiary alicyclic amines) is 1. The molecule has 2 rings (SSSR count). The van der Waals surface area contributed by atoms with Crippen LogP contribution in [0.25, 0.3) is 0 Å². The molecule has 116 valence electrons. The van der Waals surface area contributed by atoms with Crippen molar-refractivity contribution in [2.45, 2.75) is 18.6 Å². The average molecular weight is 294 g/mol. The van der Waals surface area contributed by atoms with Gasteiger partial charge in [-0.1, -0.05) is 0 Å². The normalized spacial score (nSPS) is 21.6.